The molecule has 0 aliphatic heterocycles. The van der Waals surface area contributed by atoms with Crippen molar-refractivity contribution in [3.63, 3.8) is 0 Å². The van der Waals surface area contributed by atoms with Crippen molar-refractivity contribution in [2.45, 2.75) is 46.7 Å². The number of nitrogens with zero attached hydrogens (tertiary/aromatic N) is 2. The molecule has 0 unspecified atom stereocenters. The van der Waals surface area contributed by atoms with Gasteiger partial charge in [-0.15, -0.1) is 0 Å². The lowest BCUT2D eigenvalue weighted by Gasteiger charge is -2.13. The minimum Gasteiger partial charge on any atom is -0.451 e. The van der Waals surface area contributed by atoms with E-state index in [1.807, 2.05) is 27.7 Å². The number of nitrogens with one attached hydrogen (secondary N) is 1. The Morgan fingerprint density at radius 2 is 1.85 bits per heavy atom. The molecular formula is C19H25N3O4. The summed E-state index contributed by atoms with van der Waals surface area (Å²) in [7, 11) is 0. The van der Waals surface area contributed by atoms with E-state index in [9.17, 15) is 14.4 Å². The molecule has 1 heterocycles. The van der Waals surface area contributed by atoms with Crippen LogP contribution in [-0.2, 0) is 16.1 Å². The van der Waals surface area contributed by atoms with E-state index in [2.05, 4.69) is 10.4 Å². The van der Waals surface area contributed by atoms with E-state index in [0.717, 1.165) is 6.42 Å². The number of hydrogen-bond donors (Lipinski definition) is 1. The Morgan fingerprint density at radius 3 is 2.46 bits per heavy atom. The third-order valence-corrected chi connectivity index (χ3v) is 3.95. The van der Waals surface area contributed by atoms with Crippen molar-refractivity contribution in [1.29, 1.82) is 0 Å². The van der Waals surface area contributed by atoms with Gasteiger partial charge in [0.1, 0.15) is 0 Å². The molecule has 0 aliphatic rings. The lowest BCUT2D eigenvalue weighted by Crippen LogP contribution is -2.35. The van der Waals surface area contributed by atoms with Gasteiger partial charge >= 0.3 is 5.97 Å². The van der Waals surface area contributed by atoms with Crippen LogP contribution in [0.2, 0.25) is 0 Å². The minimum atomic E-state index is -0.724. The van der Waals surface area contributed by atoms with Gasteiger partial charge < -0.3 is 10.1 Å². The Hall–Kier alpha value is -2.70. The number of rotatable bonds is 7. The van der Waals surface area contributed by atoms with Crippen LogP contribution in [0.15, 0.2) is 29.1 Å². The molecule has 0 saturated carbocycles. The van der Waals surface area contributed by atoms with Crippen molar-refractivity contribution in [1.82, 2.24) is 15.1 Å². The van der Waals surface area contributed by atoms with Crippen LogP contribution in [0.4, 0.5) is 0 Å². The number of benzene rings is 1. The molecule has 1 N–H and O–H groups in total. The number of aromatic nitrogens is 2. The second-order valence-electron chi connectivity index (χ2n) is 6.73. The van der Waals surface area contributed by atoms with Gasteiger partial charge in [-0.1, -0.05) is 39.0 Å². The average molecular weight is 359 g/mol. The second-order valence-corrected chi connectivity index (χ2v) is 6.73. The van der Waals surface area contributed by atoms with Gasteiger partial charge in [0, 0.05) is 18.0 Å². The lowest BCUT2D eigenvalue weighted by molar-refractivity contribution is -0.124. The molecule has 1 atom stereocenters. The predicted octanol–water partition coefficient (Wildman–Crippen LogP) is 2.12. The van der Waals surface area contributed by atoms with Crippen molar-refractivity contribution < 1.29 is 14.3 Å². The largest absolute Gasteiger partial charge is 0.451 e. The highest BCUT2D eigenvalue weighted by Crippen LogP contribution is 2.14. The van der Waals surface area contributed by atoms with E-state index in [-0.39, 0.29) is 35.7 Å². The zero-order chi connectivity index (χ0) is 19.3. The quantitative estimate of drug-likeness (QED) is 0.765. The van der Waals surface area contributed by atoms with Gasteiger partial charge in [0.05, 0.1) is 5.39 Å². The monoisotopic (exact) mass is 359 g/mol. The smallest absolute Gasteiger partial charge is 0.359 e. The third-order valence-electron chi connectivity index (χ3n) is 3.95. The molecule has 2 aromatic rings. The summed E-state index contributed by atoms with van der Waals surface area (Å²) in [4.78, 5) is 36.8. The Kier molecular flexibility index (Phi) is 6.49. The van der Waals surface area contributed by atoms with Crippen LogP contribution >= 0.6 is 0 Å². The lowest BCUT2D eigenvalue weighted by atomic mass is 10.1. The van der Waals surface area contributed by atoms with Gasteiger partial charge in [-0.25, -0.2) is 9.48 Å². The Morgan fingerprint density at radius 1 is 1.19 bits per heavy atom. The summed E-state index contributed by atoms with van der Waals surface area (Å²) in [5.41, 5.74) is -0.211. The first-order valence-electron chi connectivity index (χ1n) is 8.79. The Bertz CT molecular complexity index is 857. The highest BCUT2D eigenvalue weighted by atomic mass is 16.5. The van der Waals surface area contributed by atoms with Crippen LogP contribution in [0.1, 0.15) is 44.6 Å². The molecule has 7 nitrogen and oxygen atoms in total. The molecular weight excluding hydrogens is 334 g/mol. The Labute approximate surface area is 152 Å². The van der Waals surface area contributed by atoms with Crippen molar-refractivity contribution >= 4 is 22.6 Å². The SMILES string of the molecule is CC[C@H](C)NC(=O)COC(=O)c1nn(CC(C)C)c(=O)c2ccccc12. The Balaban J connectivity index is 2.30. The van der Waals surface area contributed by atoms with Crippen LogP contribution < -0.4 is 10.9 Å². The standard InChI is InChI=1S/C19H25N3O4/c1-5-13(4)20-16(23)11-26-19(25)17-14-8-6-7-9-15(14)18(24)22(21-17)10-12(2)3/h6-9,12-13H,5,10-11H2,1-4H3,(H,20,23)/t13-/m0/s1. The molecule has 7 heteroatoms. The predicted molar refractivity (Wildman–Crippen MR) is 99.0 cm³/mol. The number of amides is 1. The zero-order valence-electron chi connectivity index (χ0n) is 15.6. The first-order chi connectivity index (χ1) is 12.3. The van der Waals surface area contributed by atoms with Crippen LogP contribution in [-0.4, -0.2) is 34.3 Å². The van der Waals surface area contributed by atoms with Gasteiger partial charge in [0.15, 0.2) is 12.3 Å². The number of carbonyl (C=O) groups excluding carboxylic acids is 2. The number of hydrogen-bond acceptors (Lipinski definition) is 5. The molecule has 1 aromatic carbocycles. The molecule has 1 aromatic heterocycles. The van der Waals surface area contributed by atoms with E-state index < -0.39 is 5.97 Å². The molecule has 2 rings (SSSR count). The number of ether oxygens (including phenoxy) is 1. The topological polar surface area (TPSA) is 90.3 Å². The van der Waals surface area contributed by atoms with E-state index in [4.69, 9.17) is 4.74 Å². The summed E-state index contributed by atoms with van der Waals surface area (Å²) in [6, 6.07) is 6.77. The van der Waals surface area contributed by atoms with E-state index in [1.54, 1.807) is 24.3 Å². The summed E-state index contributed by atoms with van der Waals surface area (Å²) in [5, 5.41) is 7.75. The maximum absolute atomic E-state index is 12.5. The van der Waals surface area contributed by atoms with Gasteiger partial charge in [0.25, 0.3) is 11.5 Å². The maximum atomic E-state index is 12.5. The summed E-state index contributed by atoms with van der Waals surface area (Å²) in [5.74, 6) is -0.906. The van der Waals surface area contributed by atoms with E-state index in [0.29, 0.717) is 17.3 Å². The number of esters is 1. The fraction of sp³-hybridized carbons (Fsp3) is 0.474. The van der Waals surface area contributed by atoms with Crippen LogP contribution in [0.5, 0.6) is 0 Å². The van der Waals surface area contributed by atoms with E-state index in [1.165, 1.54) is 4.68 Å². The maximum Gasteiger partial charge on any atom is 0.359 e. The van der Waals surface area contributed by atoms with Gasteiger partial charge in [-0.05, 0) is 25.3 Å². The number of fused-ring (bicyclic) bond motifs is 1. The molecule has 140 valence electrons. The van der Waals surface area contributed by atoms with Crippen molar-refractivity contribution in [2.75, 3.05) is 6.61 Å². The van der Waals surface area contributed by atoms with Crippen LogP contribution in [0.3, 0.4) is 0 Å². The van der Waals surface area contributed by atoms with Gasteiger partial charge in [0.2, 0.25) is 0 Å². The van der Waals surface area contributed by atoms with Crippen LogP contribution in [0.25, 0.3) is 10.8 Å². The molecule has 0 radical (unpaired) electrons. The van der Waals surface area contributed by atoms with E-state index >= 15 is 0 Å². The highest BCUT2D eigenvalue weighted by Gasteiger charge is 2.19. The molecule has 0 bridgehead atoms. The fourth-order valence-corrected chi connectivity index (χ4v) is 2.47. The minimum absolute atomic E-state index is 0.00750. The van der Waals surface area contributed by atoms with Crippen molar-refractivity contribution in [2.24, 2.45) is 5.92 Å². The molecule has 0 aliphatic carbocycles. The third kappa shape index (κ3) is 4.68. The van der Waals surface area contributed by atoms with Gasteiger partial charge in [-0.3, -0.25) is 9.59 Å². The molecule has 1 amide bonds. The average Bonchev–Trinajstić information content (AvgIpc) is 2.61. The first kappa shape index (κ1) is 19.6. The number of carbonyl (C=O) groups is 2. The van der Waals surface area contributed by atoms with Crippen molar-refractivity contribution in [3.05, 3.63) is 40.3 Å². The molecule has 0 saturated heterocycles. The van der Waals surface area contributed by atoms with Crippen molar-refractivity contribution in [3.8, 4) is 0 Å². The zero-order valence-corrected chi connectivity index (χ0v) is 15.6. The summed E-state index contributed by atoms with van der Waals surface area (Å²) in [6.45, 7) is 7.74. The highest BCUT2D eigenvalue weighted by molar-refractivity contribution is 6.02. The summed E-state index contributed by atoms with van der Waals surface area (Å²) in [6.07, 6.45) is 0.784. The first-order valence-corrected chi connectivity index (χ1v) is 8.79. The molecule has 26 heavy (non-hydrogen) atoms. The normalized spacial score (nSPS) is 12.2. The fourth-order valence-electron chi connectivity index (χ4n) is 2.47. The second kappa shape index (κ2) is 8.60. The van der Waals surface area contributed by atoms with Crippen LogP contribution in [0, 0.1) is 5.92 Å². The molecule has 0 fully saturated rings. The van der Waals surface area contributed by atoms with Gasteiger partial charge in [-0.2, -0.15) is 5.10 Å². The summed E-state index contributed by atoms with van der Waals surface area (Å²) >= 11 is 0. The summed E-state index contributed by atoms with van der Waals surface area (Å²) < 4.78 is 6.39. The molecule has 0 spiro atoms.